The van der Waals surface area contributed by atoms with Gasteiger partial charge in [-0.1, -0.05) is 0 Å². The van der Waals surface area contributed by atoms with Gasteiger partial charge in [-0.2, -0.15) is 0 Å². The molecule has 0 saturated heterocycles. The van der Waals surface area contributed by atoms with Crippen LogP contribution in [0.2, 0.25) is 0 Å². The third-order valence-corrected chi connectivity index (χ3v) is 3.90. The Kier molecular flexibility index (Phi) is 3.42. The van der Waals surface area contributed by atoms with Gasteiger partial charge >= 0.3 is 6.09 Å². The molecule has 0 unspecified atom stereocenters. The second-order valence-electron chi connectivity index (χ2n) is 3.98. The number of fused-ring (bicyclic) bond motifs is 1. The van der Waals surface area contributed by atoms with Gasteiger partial charge in [0.25, 0.3) is 5.91 Å². The molecule has 0 fully saturated rings. The molecular weight excluding hydrogens is 254 g/mol. The van der Waals surface area contributed by atoms with E-state index in [0.717, 1.165) is 10.4 Å². The van der Waals surface area contributed by atoms with Crippen LogP contribution in [0.4, 0.5) is 9.80 Å². The van der Waals surface area contributed by atoms with Crippen molar-refractivity contribution in [3.05, 3.63) is 16.0 Å². The van der Waals surface area contributed by atoms with Crippen molar-refractivity contribution in [3.63, 3.8) is 0 Å². The number of carbonyl (C=O) groups excluding carboxylic acids is 2. The number of hydrogen-bond donors (Lipinski definition) is 2. The second-order valence-corrected chi connectivity index (χ2v) is 5.11. The summed E-state index contributed by atoms with van der Waals surface area (Å²) in [5.74, 6) is -0.505. The average Bonchev–Trinajstić information content (AvgIpc) is 2.63. The first-order valence-corrected chi connectivity index (χ1v) is 6.47. The number of thiophene rings is 1. The molecule has 2 heterocycles. The van der Waals surface area contributed by atoms with Crippen LogP contribution < -0.4 is 11.5 Å². The molecule has 1 aromatic rings. The lowest BCUT2D eigenvalue weighted by atomic mass is 10.0. The minimum absolute atomic E-state index is 0.337. The largest absolute Gasteiger partial charge is 0.450 e. The smallest absolute Gasteiger partial charge is 0.410 e. The molecule has 2 rings (SSSR count). The van der Waals surface area contributed by atoms with E-state index in [1.165, 1.54) is 11.3 Å². The normalized spacial score (nSPS) is 14.2. The summed E-state index contributed by atoms with van der Waals surface area (Å²) in [5.41, 5.74) is 12.4. The molecule has 1 aliphatic rings. The van der Waals surface area contributed by atoms with E-state index in [2.05, 4.69) is 0 Å². The summed E-state index contributed by atoms with van der Waals surface area (Å²) < 4.78 is 4.95. The Morgan fingerprint density at radius 2 is 2.22 bits per heavy atom. The Hall–Kier alpha value is -1.76. The number of primary amides is 1. The van der Waals surface area contributed by atoms with Gasteiger partial charge in [0.1, 0.15) is 0 Å². The summed E-state index contributed by atoms with van der Waals surface area (Å²) in [5, 5.41) is 0.429. The Bertz CT molecular complexity index is 498. The minimum atomic E-state index is -0.505. The van der Waals surface area contributed by atoms with Crippen molar-refractivity contribution < 1.29 is 14.3 Å². The minimum Gasteiger partial charge on any atom is -0.450 e. The summed E-state index contributed by atoms with van der Waals surface area (Å²) in [4.78, 5) is 25.5. The maximum Gasteiger partial charge on any atom is 0.410 e. The Morgan fingerprint density at radius 1 is 1.50 bits per heavy atom. The third kappa shape index (κ3) is 2.13. The Morgan fingerprint density at radius 3 is 2.83 bits per heavy atom. The fourth-order valence-corrected chi connectivity index (χ4v) is 3.20. The summed E-state index contributed by atoms with van der Waals surface area (Å²) in [7, 11) is 0. The number of rotatable bonds is 2. The van der Waals surface area contributed by atoms with Gasteiger partial charge in [-0.3, -0.25) is 4.79 Å². The summed E-state index contributed by atoms with van der Waals surface area (Å²) in [6.07, 6.45) is 0.246. The molecule has 0 radical (unpaired) electrons. The highest BCUT2D eigenvalue weighted by Gasteiger charge is 2.28. The van der Waals surface area contributed by atoms with Crippen LogP contribution in [0.15, 0.2) is 0 Å². The predicted octanol–water partition coefficient (Wildman–Crippen LogP) is 0.944. The van der Waals surface area contributed by atoms with E-state index in [4.69, 9.17) is 16.2 Å². The second kappa shape index (κ2) is 4.85. The number of nitrogens with zero attached hydrogens (tertiary/aromatic N) is 1. The van der Waals surface area contributed by atoms with Crippen LogP contribution in [-0.4, -0.2) is 30.1 Å². The van der Waals surface area contributed by atoms with E-state index in [-0.39, 0.29) is 6.09 Å². The first kappa shape index (κ1) is 12.7. The molecule has 1 aromatic heterocycles. The highest BCUT2D eigenvalue weighted by atomic mass is 32.1. The van der Waals surface area contributed by atoms with Crippen LogP contribution in [0.3, 0.4) is 0 Å². The van der Waals surface area contributed by atoms with Crippen molar-refractivity contribution in [2.45, 2.75) is 19.9 Å². The first-order chi connectivity index (χ1) is 8.54. The molecule has 4 N–H and O–H groups in total. The number of carbonyl (C=O) groups is 2. The van der Waals surface area contributed by atoms with Crippen LogP contribution in [0.1, 0.15) is 27.7 Å². The number of ether oxygens (including phenoxy) is 1. The van der Waals surface area contributed by atoms with Crippen LogP contribution in [0, 0.1) is 0 Å². The van der Waals surface area contributed by atoms with Gasteiger partial charge in [0.2, 0.25) is 0 Å². The van der Waals surface area contributed by atoms with E-state index in [9.17, 15) is 9.59 Å². The molecule has 0 saturated carbocycles. The van der Waals surface area contributed by atoms with Crippen molar-refractivity contribution in [2.24, 2.45) is 5.73 Å². The topological polar surface area (TPSA) is 98.7 Å². The Balaban J connectivity index is 2.23. The van der Waals surface area contributed by atoms with Crippen LogP contribution in [0.25, 0.3) is 0 Å². The first-order valence-electron chi connectivity index (χ1n) is 5.66. The molecule has 98 valence electrons. The highest BCUT2D eigenvalue weighted by Crippen LogP contribution is 2.34. The van der Waals surface area contributed by atoms with Crippen LogP contribution in [-0.2, 0) is 17.7 Å². The quantitative estimate of drug-likeness (QED) is 0.834. The lowest BCUT2D eigenvalue weighted by molar-refractivity contribution is 0.0997. The lowest BCUT2D eigenvalue weighted by Gasteiger charge is -2.26. The molecule has 1 aliphatic heterocycles. The van der Waals surface area contributed by atoms with E-state index < -0.39 is 5.91 Å². The summed E-state index contributed by atoms with van der Waals surface area (Å²) in [6.45, 7) is 3.06. The number of nitrogen functional groups attached to an aromatic ring is 1. The fraction of sp³-hybridized carbons (Fsp3) is 0.455. The molecule has 0 aliphatic carbocycles. The van der Waals surface area contributed by atoms with Crippen molar-refractivity contribution in [1.29, 1.82) is 0 Å². The van der Waals surface area contributed by atoms with Crippen molar-refractivity contribution in [3.8, 4) is 0 Å². The zero-order valence-corrected chi connectivity index (χ0v) is 10.9. The Labute approximate surface area is 108 Å². The number of anilines is 1. The molecule has 0 spiro atoms. The van der Waals surface area contributed by atoms with E-state index in [1.54, 1.807) is 11.8 Å². The maximum atomic E-state index is 11.6. The third-order valence-electron chi connectivity index (χ3n) is 2.86. The van der Waals surface area contributed by atoms with Crippen molar-refractivity contribution >= 4 is 28.3 Å². The van der Waals surface area contributed by atoms with Gasteiger partial charge in [0.15, 0.2) is 0 Å². The van der Waals surface area contributed by atoms with Crippen LogP contribution >= 0.6 is 11.3 Å². The van der Waals surface area contributed by atoms with Crippen molar-refractivity contribution in [2.75, 3.05) is 18.9 Å². The maximum absolute atomic E-state index is 11.6. The van der Waals surface area contributed by atoms with Crippen LogP contribution in [0.5, 0.6) is 0 Å². The van der Waals surface area contributed by atoms with Gasteiger partial charge in [0.05, 0.1) is 23.7 Å². The van der Waals surface area contributed by atoms with Gasteiger partial charge in [0, 0.05) is 11.4 Å². The van der Waals surface area contributed by atoms with E-state index in [0.29, 0.717) is 36.7 Å². The standard InChI is InChI=1S/C11H15N3O3S/c1-2-17-11(16)14-4-3-6-7(5-14)18-10(13)8(6)9(12)15/h2-5,13H2,1H3,(H2,12,15). The molecule has 0 atom stereocenters. The van der Waals surface area contributed by atoms with Gasteiger partial charge in [-0.05, 0) is 18.9 Å². The van der Waals surface area contributed by atoms with Gasteiger partial charge < -0.3 is 21.1 Å². The molecule has 18 heavy (non-hydrogen) atoms. The fourth-order valence-electron chi connectivity index (χ4n) is 2.07. The number of amides is 2. The monoisotopic (exact) mass is 269 g/mol. The number of hydrogen-bond acceptors (Lipinski definition) is 5. The molecule has 0 aromatic carbocycles. The molecule has 7 heteroatoms. The highest BCUT2D eigenvalue weighted by molar-refractivity contribution is 7.16. The molecular formula is C11H15N3O3S. The molecule has 6 nitrogen and oxygen atoms in total. The lowest BCUT2D eigenvalue weighted by Crippen LogP contribution is -2.36. The summed E-state index contributed by atoms with van der Waals surface area (Å²) in [6, 6.07) is 0. The number of nitrogens with two attached hydrogens (primary N) is 2. The van der Waals surface area contributed by atoms with Gasteiger partial charge in [-0.25, -0.2) is 4.79 Å². The predicted molar refractivity (Wildman–Crippen MR) is 68.4 cm³/mol. The van der Waals surface area contributed by atoms with Gasteiger partial charge in [-0.15, -0.1) is 11.3 Å². The molecule has 0 bridgehead atoms. The van der Waals surface area contributed by atoms with Crippen molar-refractivity contribution in [1.82, 2.24) is 4.90 Å². The molecule has 2 amide bonds. The van der Waals surface area contributed by atoms with E-state index >= 15 is 0 Å². The zero-order chi connectivity index (χ0) is 13.3. The van der Waals surface area contributed by atoms with E-state index in [1.807, 2.05) is 0 Å². The average molecular weight is 269 g/mol. The zero-order valence-electron chi connectivity index (χ0n) is 10.1. The SMILES string of the molecule is CCOC(=O)N1CCc2c(sc(N)c2C(N)=O)C1. The summed E-state index contributed by atoms with van der Waals surface area (Å²) >= 11 is 1.31.